The van der Waals surface area contributed by atoms with Crippen LogP contribution >= 0.6 is 0 Å². The maximum atomic E-state index is 12.9. The van der Waals surface area contributed by atoms with Gasteiger partial charge in [-0.05, 0) is 81.1 Å². The van der Waals surface area contributed by atoms with Crippen LogP contribution in [0.2, 0.25) is 0 Å². The van der Waals surface area contributed by atoms with Crippen LogP contribution in [-0.4, -0.2) is 29.2 Å². The fourth-order valence-electron chi connectivity index (χ4n) is 4.55. The molecule has 0 bridgehead atoms. The predicted molar refractivity (Wildman–Crippen MR) is 119 cm³/mol. The highest BCUT2D eigenvalue weighted by Crippen LogP contribution is 2.44. The molecule has 32 heavy (non-hydrogen) atoms. The van der Waals surface area contributed by atoms with Gasteiger partial charge in [0, 0.05) is 22.5 Å². The van der Waals surface area contributed by atoms with Crippen LogP contribution in [0.4, 0.5) is 11.4 Å². The minimum Gasteiger partial charge on any atom is -0.458 e. The molecule has 2 N–H and O–H groups in total. The van der Waals surface area contributed by atoms with Gasteiger partial charge in [0.1, 0.15) is 5.60 Å². The van der Waals surface area contributed by atoms with Crippen LogP contribution in [0, 0.1) is 5.92 Å². The second kappa shape index (κ2) is 8.94. The van der Waals surface area contributed by atoms with Crippen LogP contribution < -0.4 is 10.6 Å². The first-order chi connectivity index (χ1) is 15.4. The molecule has 1 aliphatic heterocycles. The minimum atomic E-state index is -0.669. The van der Waals surface area contributed by atoms with Crippen LogP contribution in [0.1, 0.15) is 66.2 Å². The van der Waals surface area contributed by atoms with Crippen LogP contribution in [0.3, 0.4) is 0 Å². The fraction of sp³-hybridized carbons (Fsp3) is 0.360. The van der Waals surface area contributed by atoms with E-state index in [4.69, 9.17) is 4.74 Å². The molecule has 2 aromatic carbocycles. The van der Waals surface area contributed by atoms with E-state index in [1.807, 2.05) is 0 Å². The number of ether oxygens (including phenoxy) is 1. The molecule has 1 saturated carbocycles. The molecular formula is C25H26N2O5. The van der Waals surface area contributed by atoms with E-state index in [0.29, 0.717) is 22.5 Å². The molecule has 1 heterocycles. The Hall–Kier alpha value is -3.48. The third-order valence-corrected chi connectivity index (χ3v) is 6.30. The number of hydrogen-bond acceptors (Lipinski definition) is 5. The standard InChI is InChI=1S/C25H26N2O5/c1-16(28)17-5-9-19(10-6-17)26-23(30)18-7-11-20(12-8-18)27-24(31)21-15-22(29)32-25(21)13-3-2-4-14-25/h5-12,21H,2-4,13-15H2,1H3,(H,26,30)(H,27,31)/t21-/m1/s1. The maximum Gasteiger partial charge on any atom is 0.307 e. The van der Waals surface area contributed by atoms with Crippen LogP contribution in [-0.2, 0) is 14.3 Å². The van der Waals surface area contributed by atoms with Crippen molar-refractivity contribution in [1.82, 2.24) is 0 Å². The average molecular weight is 434 g/mol. The summed E-state index contributed by atoms with van der Waals surface area (Å²) >= 11 is 0. The molecule has 1 spiro atoms. The number of carbonyl (C=O) groups excluding carboxylic acids is 4. The highest BCUT2D eigenvalue weighted by atomic mass is 16.6. The molecule has 0 unspecified atom stereocenters. The largest absolute Gasteiger partial charge is 0.458 e. The summed E-state index contributed by atoms with van der Waals surface area (Å²) in [6.07, 6.45) is 4.57. The Bertz CT molecular complexity index is 1040. The number of ketones is 1. The molecule has 4 rings (SSSR count). The SMILES string of the molecule is CC(=O)c1ccc(NC(=O)c2ccc(NC(=O)[C@H]3CC(=O)OC34CCCCC4)cc2)cc1. The lowest BCUT2D eigenvalue weighted by Gasteiger charge is -2.36. The van der Waals surface area contributed by atoms with E-state index in [1.165, 1.54) is 6.92 Å². The Morgan fingerprint density at radius 1 is 0.844 bits per heavy atom. The van der Waals surface area contributed by atoms with Crippen molar-refractivity contribution < 1.29 is 23.9 Å². The molecule has 1 aliphatic carbocycles. The molecule has 2 amide bonds. The Kier molecular flexibility index (Phi) is 6.08. The number of hydrogen-bond donors (Lipinski definition) is 2. The number of anilines is 2. The van der Waals surface area contributed by atoms with Gasteiger partial charge in [-0.25, -0.2) is 0 Å². The van der Waals surface area contributed by atoms with Crippen LogP contribution in [0.5, 0.6) is 0 Å². The Labute approximate surface area is 186 Å². The van der Waals surface area contributed by atoms with E-state index in [-0.39, 0.29) is 30.0 Å². The van der Waals surface area contributed by atoms with Gasteiger partial charge in [-0.1, -0.05) is 6.42 Å². The second-order valence-electron chi connectivity index (χ2n) is 8.51. The number of rotatable bonds is 5. The third-order valence-electron chi connectivity index (χ3n) is 6.30. The van der Waals surface area contributed by atoms with Crippen molar-refractivity contribution >= 4 is 34.9 Å². The van der Waals surface area contributed by atoms with Crippen molar-refractivity contribution in [2.45, 2.75) is 51.0 Å². The average Bonchev–Trinajstić information content (AvgIpc) is 3.10. The number of benzene rings is 2. The first kappa shape index (κ1) is 21.7. The number of nitrogens with one attached hydrogen (secondary N) is 2. The van der Waals surface area contributed by atoms with E-state index in [1.54, 1.807) is 48.5 Å². The first-order valence-corrected chi connectivity index (χ1v) is 10.9. The van der Waals surface area contributed by atoms with Crippen molar-refractivity contribution in [2.24, 2.45) is 5.92 Å². The van der Waals surface area contributed by atoms with Gasteiger partial charge in [0.25, 0.3) is 5.91 Å². The number of amides is 2. The molecular weight excluding hydrogens is 408 g/mol. The van der Waals surface area contributed by atoms with E-state index in [9.17, 15) is 19.2 Å². The van der Waals surface area contributed by atoms with E-state index >= 15 is 0 Å². The number of esters is 1. The topological polar surface area (TPSA) is 102 Å². The third kappa shape index (κ3) is 4.56. The molecule has 0 aromatic heterocycles. The van der Waals surface area contributed by atoms with E-state index in [0.717, 1.165) is 32.1 Å². The molecule has 2 aromatic rings. The van der Waals surface area contributed by atoms with Crippen LogP contribution in [0.25, 0.3) is 0 Å². The van der Waals surface area contributed by atoms with E-state index in [2.05, 4.69) is 10.6 Å². The lowest BCUT2D eigenvalue weighted by Crippen LogP contribution is -2.43. The lowest BCUT2D eigenvalue weighted by molar-refractivity contribution is -0.153. The van der Waals surface area contributed by atoms with Crippen molar-refractivity contribution in [3.05, 3.63) is 59.7 Å². The normalized spacial score (nSPS) is 19.3. The molecule has 1 saturated heterocycles. The van der Waals surface area contributed by atoms with Gasteiger partial charge in [-0.2, -0.15) is 0 Å². The second-order valence-corrected chi connectivity index (χ2v) is 8.51. The summed E-state index contributed by atoms with van der Waals surface area (Å²) < 4.78 is 5.62. The minimum absolute atomic E-state index is 0.0385. The molecule has 2 aliphatic rings. The van der Waals surface area contributed by atoms with Crippen molar-refractivity contribution in [3.63, 3.8) is 0 Å². The zero-order valence-corrected chi connectivity index (χ0v) is 18.0. The van der Waals surface area contributed by atoms with Crippen molar-refractivity contribution in [2.75, 3.05) is 10.6 Å². The summed E-state index contributed by atoms with van der Waals surface area (Å²) in [5.41, 5.74) is 1.48. The highest BCUT2D eigenvalue weighted by Gasteiger charge is 2.52. The van der Waals surface area contributed by atoms with Gasteiger partial charge in [0.05, 0.1) is 12.3 Å². The molecule has 7 nitrogen and oxygen atoms in total. The summed E-state index contributed by atoms with van der Waals surface area (Å²) in [6.45, 7) is 1.49. The van der Waals surface area contributed by atoms with Crippen molar-refractivity contribution in [3.8, 4) is 0 Å². The zero-order valence-electron chi connectivity index (χ0n) is 18.0. The quantitative estimate of drug-likeness (QED) is 0.538. The maximum absolute atomic E-state index is 12.9. The summed E-state index contributed by atoms with van der Waals surface area (Å²) in [6, 6.07) is 13.3. The van der Waals surface area contributed by atoms with Gasteiger partial charge < -0.3 is 15.4 Å². The molecule has 7 heteroatoms. The number of carbonyl (C=O) groups is 4. The van der Waals surface area contributed by atoms with Gasteiger partial charge in [-0.3, -0.25) is 19.2 Å². The first-order valence-electron chi connectivity index (χ1n) is 10.9. The number of Topliss-reactive ketones (excluding diaryl/α,β-unsaturated/α-hetero) is 1. The summed E-state index contributed by atoms with van der Waals surface area (Å²) in [5, 5.41) is 5.66. The molecule has 2 fully saturated rings. The fourth-order valence-corrected chi connectivity index (χ4v) is 4.55. The van der Waals surface area contributed by atoms with Crippen LogP contribution in [0.15, 0.2) is 48.5 Å². The van der Waals surface area contributed by atoms with E-state index < -0.39 is 11.5 Å². The highest BCUT2D eigenvalue weighted by molar-refractivity contribution is 6.05. The zero-order chi connectivity index (χ0) is 22.7. The van der Waals surface area contributed by atoms with Gasteiger partial charge in [-0.15, -0.1) is 0 Å². The van der Waals surface area contributed by atoms with Gasteiger partial charge in [0.2, 0.25) is 5.91 Å². The summed E-state index contributed by atoms with van der Waals surface area (Å²) in [7, 11) is 0. The molecule has 1 atom stereocenters. The Morgan fingerprint density at radius 2 is 1.41 bits per heavy atom. The Balaban J connectivity index is 1.39. The van der Waals surface area contributed by atoms with Gasteiger partial charge in [0.15, 0.2) is 5.78 Å². The Morgan fingerprint density at radius 3 is 2.00 bits per heavy atom. The van der Waals surface area contributed by atoms with Crippen molar-refractivity contribution in [1.29, 1.82) is 0 Å². The lowest BCUT2D eigenvalue weighted by atomic mass is 9.75. The predicted octanol–water partition coefficient (Wildman–Crippen LogP) is 4.35. The smallest absolute Gasteiger partial charge is 0.307 e. The monoisotopic (exact) mass is 434 g/mol. The summed E-state index contributed by atoms with van der Waals surface area (Å²) in [4.78, 5) is 48.7. The molecule has 166 valence electrons. The van der Waals surface area contributed by atoms with Gasteiger partial charge >= 0.3 is 5.97 Å². The molecule has 0 radical (unpaired) electrons. The summed E-state index contributed by atoms with van der Waals surface area (Å²) in [5.74, 6) is -1.36.